The summed E-state index contributed by atoms with van der Waals surface area (Å²) >= 11 is 0. The van der Waals surface area contributed by atoms with Gasteiger partial charge >= 0.3 is 0 Å². The molecule has 3 aliphatic heterocycles. The maximum absolute atomic E-state index is 10.2. The Morgan fingerprint density at radius 3 is 2.22 bits per heavy atom. The second-order valence-electron chi connectivity index (χ2n) is 4.42. The molecule has 0 aromatic rings. The zero-order chi connectivity index (χ0) is 13.0. The molecule has 92 valence electrons. The third kappa shape index (κ3) is 1.28. The summed E-state index contributed by atoms with van der Waals surface area (Å²) < 4.78 is 0. The molecule has 0 fully saturated rings. The SMILES string of the molecule is CC1=NC2=NC(C)=NC3=C(O)C(C)=C(C)C(=N1)N23. The average molecular weight is 243 g/mol. The van der Waals surface area contributed by atoms with Crippen molar-refractivity contribution in [1.82, 2.24) is 4.90 Å². The third-order valence-corrected chi connectivity index (χ3v) is 3.15. The van der Waals surface area contributed by atoms with Crippen molar-refractivity contribution in [2.45, 2.75) is 27.7 Å². The van der Waals surface area contributed by atoms with Crippen LogP contribution >= 0.6 is 0 Å². The van der Waals surface area contributed by atoms with Gasteiger partial charge in [0.1, 0.15) is 17.5 Å². The summed E-state index contributed by atoms with van der Waals surface area (Å²) in [7, 11) is 0. The fraction of sp³-hybridized carbons (Fsp3) is 0.333. The van der Waals surface area contributed by atoms with Gasteiger partial charge < -0.3 is 5.11 Å². The van der Waals surface area contributed by atoms with Gasteiger partial charge in [0, 0.05) is 5.57 Å². The van der Waals surface area contributed by atoms with Gasteiger partial charge in [-0.2, -0.15) is 9.98 Å². The molecule has 0 bridgehead atoms. The third-order valence-electron chi connectivity index (χ3n) is 3.15. The first kappa shape index (κ1) is 10.9. The highest BCUT2D eigenvalue weighted by atomic mass is 16.3. The van der Waals surface area contributed by atoms with Crippen LogP contribution in [0, 0.1) is 0 Å². The number of aliphatic imine (C=N–C) groups is 4. The maximum Gasteiger partial charge on any atom is 0.240 e. The van der Waals surface area contributed by atoms with Crippen LogP contribution in [0.5, 0.6) is 0 Å². The molecule has 1 N–H and O–H groups in total. The first-order valence-corrected chi connectivity index (χ1v) is 5.68. The first-order valence-electron chi connectivity index (χ1n) is 5.68. The van der Waals surface area contributed by atoms with Gasteiger partial charge in [-0.05, 0) is 33.3 Å². The number of aliphatic hydroxyl groups excluding tert-OH is 1. The zero-order valence-corrected chi connectivity index (χ0v) is 10.7. The molecule has 0 aliphatic carbocycles. The van der Waals surface area contributed by atoms with E-state index >= 15 is 0 Å². The lowest BCUT2D eigenvalue weighted by Gasteiger charge is -2.34. The summed E-state index contributed by atoms with van der Waals surface area (Å²) in [6.07, 6.45) is 0. The first-order chi connectivity index (χ1) is 8.49. The van der Waals surface area contributed by atoms with E-state index in [-0.39, 0.29) is 5.76 Å². The normalized spacial score (nSPS) is 22.3. The molecule has 3 aliphatic rings. The lowest BCUT2D eigenvalue weighted by atomic mass is 10.0. The van der Waals surface area contributed by atoms with Gasteiger partial charge in [-0.1, -0.05) is 0 Å². The Balaban J connectivity index is 2.34. The fourth-order valence-corrected chi connectivity index (χ4v) is 2.08. The van der Waals surface area contributed by atoms with E-state index in [2.05, 4.69) is 20.0 Å². The van der Waals surface area contributed by atoms with Crippen LogP contribution in [0.15, 0.2) is 42.7 Å². The molecule has 6 heteroatoms. The van der Waals surface area contributed by atoms with Gasteiger partial charge in [0.05, 0.1) is 0 Å². The molecule has 0 saturated heterocycles. The molecule has 0 aromatic heterocycles. The molecule has 6 nitrogen and oxygen atoms in total. The van der Waals surface area contributed by atoms with E-state index in [0.29, 0.717) is 23.5 Å². The molecule has 0 radical (unpaired) electrons. The van der Waals surface area contributed by atoms with Crippen LogP contribution < -0.4 is 0 Å². The Morgan fingerprint density at radius 1 is 0.833 bits per heavy atom. The number of amidine groups is 3. The van der Waals surface area contributed by atoms with Crippen LogP contribution in [-0.4, -0.2) is 33.5 Å². The Labute approximate surface area is 104 Å². The van der Waals surface area contributed by atoms with Crippen LogP contribution in [0.2, 0.25) is 0 Å². The second kappa shape index (κ2) is 3.38. The lowest BCUT2D eigenvalue weighted by Crippen LogP contribution is -2.44. The highest BCUT2D eigenvalue weighted by Gasteiger charge is 2.36. The Morgan fingerprint density at radius 2 is 1.50 bits per heavy atom. The quantitative estimate of drug-likeness (QED) is 0.706. The maximum atomic E-state index is 10.2. The van der Waals surface area contributed by atoms with Gasteiger partial charge in [-0.3, -0.25) is 0 Å². The van der Waals surface area contributed by atoms with Crippen molar-refractivity contribution in [2.24, 2.45) is 20.0 Å². The summed E-state index contributed by atoms with van der Waals surface area (Å²) in [5, 5.41) is 10.2. The minimum absolute atomic E-state index is 0.160. The predicted molar refractivity (Wildman–Crippen MR) is 71.0 cm³/mol. The summed E-state index contributed by atoms with van der Waals surface area (Å²) in [5.74, 6) is 3.10. The van der Waals surface area contributed by atoms with E-state index in [1.54, 1.807) is 11.8 Å². The van der Waals surface area contributed by atoms with E-state index in [1.807, 2.05) is 20.8 Å². The van der Waals surface area contributed by atoms with E-state index in [4.69, 9.17) is 0 Å². The minimum atomic E-state index is 0.160. The van der Waals surface area contributed by atoms with Crippen molar-refractivity contribution in [2.75, 3.05) is 0 Å². The highest BCUT2D eigenvalue weighted by molar-refractivity contribution is 6.22. The number of hydrogen-bond donors (Lipinski definition) is 1. The van der Waals surface area contributed by atoms with Crippen LogP contribution in [0.4, 0.5) is 0 Å². The Hall–Kier alpha value is -2.24. The van der Waals surface area contributed by atoms with Gasteiger partial charge in [-0.15, -0.1) is 0 Å². The Bertz CT molecular complexity index is 645. The summed E-state index contributed by atoms with van der Waals surface area (Å²) in [6, 6.07) is 0. The average Bonchev–Trinajstić information content (AvgIpc) is 2.32. The van der Waals surface area contributed by atoms with E-state index in [1.165, 1.54) is 0 Å². The molecule has 3 heterocycles. The van der Waals surface area contributed by atoms with Gasteiger partial charge in [0.15, 0.2) is 11.6 Å². The molecule has 3 rings (SSSR count). The van der Waals surface area contributed by atoms with Gasteiger partial charge in [0.25, 0.3) is 0 Å². The van der Waals surface area contributed by atoms with Crippen LogP contribution in [0.3, 0.4) is 0 Å². The van der Waals surface area contributed by atoms with Gasteiger partial charge in [0.2, 0.25) is 5.96 Å². The molecule has 0 saturated carbocycles. The van der Waals surface area contributed by atoms with Crippen molar-refractivity contribution in [3.8, 4) is 0 Å². The monoisotopic (exact) mass is 243 g/mol. The molecule has 0 aromatic carbocycles. The molecule has 0 amide bonds. The summed E-state index contributed by atoms with van der Waals surface area (Å²) in [5.41, 5.74) is 1.69. The van der Waals surface area contributed by atoms with Crippen LogP contribution in [0.1, 0.15) is 27.7 Å². The molecule has 0 unspecified atom stereocenters. The molecular formula is C12H13N5O. The highest BCUT2D eigenvalue weighted by Crippen LogP contribution is 2.32. The molecule has 18 heavy (non-hydrogen) atoms. The molecule has 0 atom stereocenters. The summed E-state index contributed by atoms with van der Waals surface area (Å²) in [6.45, 7) is 7.38. The number of hydrogen-bond acceptors (Lipinski definition) is 6. The van der Waals surface area contributed by atoms with Crippen molar-refractivity contribution >= 4 is 23.5 Å². The number of nitrogens with zero attached hydrogens (tertiary/aromatic N) is 5. The van der Waals surface area contributed by atoms with Gasteiger partial charge in [-0.25, -0.2) is 14.9 Å². The number of rotatable bonds is 0. The minimum Gasteiger partial charge on any atom is -0.504 e. The smallest absolute Gasteiger partial charge is 0.240 e. The van der Waals surface area contributed by atoms with Crippen molar-refractivity contribution in [1.29, 1.82) is 0 Å². The predicted octanol–water partition coefficient (Wildman–Crippen LogP) is 1.98. The zero-order valence-electron chi connectivity index (χ0n) is 10.7. The molecular weight excluding hydrogens is 230 g/mol. The fourth-order valence-electron chi connectivity index (χ4n) is 2.08. The number of aliphatic hydroxyl groups is 1. The van der Waals surface area contributed by atoms with Crippen LogP contribution in [0.25, 0.3) is 0 Å². The standard InChI is InChI=1S/C12H13N5O/c1-5-6(2)10-13-7(3)15-12-16-8(4)14-11(9(5)18)17(10)12/h18H,1-4H3. The van der Waals surface area contributed by atoms with Crippen LogP contribution in [-0.2, 0) is 0 Å². The number of guanidine groups is 1. The second-order valence-corrected chi connectivity index (χ2v) is 4.42. The largest absolute Gasteiger partial charge is 0.504 e. The molecule has 0 spiro atoms. The lowest BCUT2D eigenvalue weighted by molar-refractivity contribution is 0.396. The van der Waals surface area contributed by atoms with Crippen molar-refractivity contribution in [3.63, 3.8) is 0 Å². The van der Waals surface area contributed by atoms with E-state index < -0.39 is 0 Å². The number of allylic oxidation sites excluding steroid dienone is 1. The topological polar surface area (TPSA) is 72.9 Å². The van der Waals surface area contributed by atoms with E-state index in [9.17, 15) is 5.11 Å². The Kier molecular flexibility index (Phi) is 2.04. The summed E-state index contributed by atoms with van der Waals surface area (Å²) in [4.78, 5) is 19.0. The van der Waals surface area contributed by atoms with Crippen molar-refractivity contribution < 1.29 is 5.11 Å². The van der Waals surface area contributed by atoms with E-state index in [0.717, 1.165) is 17.0 Å². The van der Waals surface area contributed by atoms with Crippen molar-refractivity contribution in [3.05, 3.63) is 22.7 Å².